The number of non-ortho nitro benzene ring substituents is 1. The number of aliphatic carboxylic acids is 1. The molecule has 1 rings (SSSR count). The maximum Gasteiger partial charge on any atom is 0.306 e. The van der Waals surface area contributed by atoms with Gasteiger partial charge in [-0.3, -0.25) is 14.9 Å². The van der Waals surface area contributed by atoms with Crippen LogP contribution in [0.25, 0.3) is 0 Å². The van der Waals surface area contributed by atoms with Crippen LogP contribution in [0.5, 0.6) is 0 Å². The Kier molecular flexibility index (Phi) is 3.55. The van der Waals surface area contributed by atoms with Crippen molar-refractivity contribution in [2.24, 2.45) is 5.92 Å². The maximum atomic E-state index is 13.3. The SMILES string of the molecule is CC(Cc1ccc([N+](=O)[O-])cc1F)C(=O)O. The van der Waals surface area contributed by atoms with E-state index in [1.165, 1.54) is 13.0 Å². The first-order valence-electron chi connectivity index (χ1n) is 4.57. The van der Waals surface area contributed by atoms with Gasteiger partial charge < -0.3 is 5.11 Å². The summed E-state index contributed by atoms with van der Waals surface area (Å²) in [4.78, 5) is 20.2. The second-order valence-corrected chi connectivity index (χ2v) is 3.48. The van der Waals surface area contributed by atoms with Crippen LogP contribution in [-0.2, 0) is 11.2 Å². The molecule has 1 N–H and O–H groups in total. The van der Waals surface area contributed by atoms with Gasteiger partial charge in [-0.1, -0.05) is 6.92 Å². The second kappa shape index (κ2) is 4.69. The van der Waals surface area contributed by atoms with E-state index in [0.29, 0.717) is 0 Å². The summed E-state index contributed by atoms with van der Waals surface area (Å²) in [6, 6.07) is 3.20. The van der Waals surface area contributed by atoms with Crippen LogP contribution in [0.4, 0.5) is 10.1 Å². The van der Waals surface area contributed by atoms with E-state index in [4.69, 9.17) is 5.11 Å². The Morgan fingerprint density at radius 2 is 2.25 bits per heavy atom. The standard InChI is InChI=1S/C10H10FNO4/c1-6(10(13)14)4-7-2-3-8(12(15)16)5-9(7)11/h2-3,5-6H,4H2,1H3,(H,13,14). The summed E-state index contributed by atoms with van der Waals surface area (Å²) in [6.07, 6.45) is 0.0131. The third-order valence-electron chi connectivity index (χ3n) is 2.20. The molecule has 1 aromatic carbocycles. The highest BCUT2D eigenvalue weighted by Crippen LogP contribution is 2.19. The molecule has 1 aromatic rings. The molecule has 1 atom stereocenters. The molecule has 0 saturated carbocycles. The van der Waals surface area contributed by atoms with Gasteiger partial charge in [-0.05, 0) is 18.1 Å². The molecule has 0 saturated heterocycles. The Labute approximate surface area is 90.7 Å². The van der Waals surface area contributed by atoms with E-state index in [1.807, 2.05) is 0 Å². The van der Waals surface area contributed by atoms with Crippen LogP contribution >= 0.6 is 0 Å². The van der Waals surface area contributed by atoms with Gasteiger partial charge in [-0.2, -0.15) is 0 Å². The monoisotopic (exact) mass is 227 g/mol. The van der Waals surface area contributed by atoms with E-state index < -0.39 is 22.6 Å². The summed E-state index contributed by atoms with van der Waals surface area (Å²) in [6.45, 7) is 1.45. The third-order valence-corrected chi connectivity index (χ3v) is 2.20. The highest BCUT2D eigenvalue weighted by molar-refractivity contribution is 5.69. The van der Waals surface area contributed by atoms with Gasteiger partial charge in [0.2, 0.25) is 0 Å². The van der Waals surface area contributed by atoms with Gasteiger partial charge >= 0.3 is 5.97 Å². The van der Waals surface area contributed by atoms with Crippen molar-refractivity contribution < 1.29 is 19.2 Å². The molecule has 0 amide bonds. The number of hydrogen-bond donors (Lipinski definition) is 1. The first-order chi connectivity index (χ1) is 7.41. The Hall–Kier alpha value is -1.98. The molecule has 86 valence electrons. The molecule has 1 unspecified atom stereocenters. The number of benzene rings is 1. The Bertz CT molecular complexity index is 433. The average molecular weight is 227 g/mol. The number of carboxylic acid groups (broad SMARTS) is 1. The van der Waals surface area contributed by atoms with E-state index in [1.54, 1.807) is 0 Å². The number of nitro benzene ring substituents is 1. The molecule has 0 aliphatic rings. The van der Waals surface area contributed by atoms with Gasteiger partial charge in [-0.15, -0.1) is 0 Å². The fourth-order valence-corrected chi connectivity index (χ4v) is 1.23. The third kappa shape index (κ3) is 2.75. The van der Waals surface area contributed by atoms with Crippen molar-refractivity contribution in [1.29, 1.82) is 0 Å². The quantitative estimate of drug-likeness (QED) is 0.630. The zero-order chi connectivity index (χ0) is 12.3. The van der Waals surface area contributed by atoms with E-state index in [-0.39, 0.29) is 17.7 Å². The zero-order valence-electron chi connectivity index (χ0n) is 8.51. The summed E-state index contributed by atoms with van der Waals surface area (Å²) in [5.41, 5.74) is -0.176. The lowest BCUT2D eigenvalue weighted by molar-refractivity contribution is -0.385. The molecule has 0 fully saturated rings. The van der Waals surface area contributed by atoms with Gasteiger partial charge in [0.05, 0.1) is 16.9 Å². The van der Waals surface area contributed by atoms with Crippen molar-refractivity contribution in [2.75, 3.05) is 0 Å². The van der Waals surface area contributed by atoms with Crippen LogP contribution in [0.15, 0.2) is 18.2 Å². The number of nitrogens with zero attached hydrogens (tertiary/aromatic N) is 1. The lowest BCUT2D eigenvalue weighted by atomic mass is 10.0. The van der Waals surface area contributed by atoms with Gasteiger partial charge in [0, 0.05) is 6.07 Å². The Balaban J connectivity index is 2.91. The highest BCUT2D eigenvalue weighted by atomic mass is 19.1. The number of rotatable bonds is 4. The lowest BCUT2D eigenvalue weighted by Gasteiger charge is -2.06. The summed E-state index contributed by atoms with van der Waals surface area (Å²) in [5.74, 6) is -2.50. The lowest BCUT2D eigenvalue weighted by Crippen LogP contribution is -2.13. The van der Waals surface area contributed by atoms with E-state index in [0.717, 1.165) is 12.1 Å². The van der Waals surface area contributed by atoms with Crippen LogP contribution in [-0.4, -0.2) is 16.0 Å². The summed E-state index contributed by atoms with van der Waals surface area (Å²) < 4.78 is 13.3. The van der Waals surface area contributed by atoms with E-state index in [9.17, 15) is 19.3 Å². The first-order valence-corrected chi connectivity index (χ1v) is 4.57. The van der Waals surface area contributed by atoms with Crippen LogP contribution in [0.3, 0.4) is 0 Å². The molecule has 0 aliphatic heterocycles. The normalized spacial score (nSPS) is 12.1. The number of halogens is 1. The van der Waals surface area contributed by atoms with Crippen molar-refractivity contribution in [2.45, 2.75) is 13.3 Å². The van der Waals surface area contributed by atoms with E-state index in [2.05, 4.69) is 0 Å². The number of carbonyl (C=O) groups is 1. The molecule has 0 radical (unpaired) electrons. The molecule has 0 aromatic heterocycles. The predicted octanol–water partition coefficient (Wildman–Crippen LogP) is 2.00. The highest BCUT2D eigenvalue weighted by Gasteiger charge is 2.16. The fraction of sp³-hybridized carbons (Fsp3) is 0.300. The van der Waals surface area contributed by atoms with Gasteiger partial charge in [-0.25, -0.2) is 4.39 Å². The van der Waals surface area contributed by atoms with Crippen molar-refractivity contribution >= 4 is 11.7 Å². The maximum absolute atomic E-state index is 13.3. The number of nitro groups is 1. The van der Waals surface area contributed by atoms with Crippen molar-refractivity contribution in [3.63, 3.8) is 0 Å². The molecule has 0 bridgehead atoms. The largest absolute Gasteiger partial charge is 0.481 e. The smallest absolute Gasteiger partial charge is 0.306 e. The molecule has 0 spiro atoms. The minimum absolute atomic E-state index is 0.0131. The fourth-order valence-electron chi connectivity index (χ4n) is 1.23. The van der Waals surface area contributed by atoms with Crippen molar-refractivity contribution in [3.05, 3.63) is 39.7 Å². The number of hydrogen-bond acceptors (Lipinski definition) is 3. The summed E-state index contributed by atoms with van der Waals surface area (Å²) in [5, 5.41) is 19.0. The van der Waals surface area contributed by atoms with Crippen molar-refractivity contribution in [1.82, 2.24) is 0 Å². The van der Waals surface area contributed by atoms with Crippen molar-refractivity contribution in [3.8, 4) is 0 Å². The van der Waals surface area contributed by atoms with Gasteiger partial charge in [0.15, 0.2) is 0 Å². The van der Waals surface area contributed by atoms with E-state index >= 15 is 0 Å². The summed E-state index contributed by atoms with van der Waals surface area (Å²) in [7, 11) is 0. The Morgan fingerprint density at radius 1 is 1.62 bits per heavy atom. The van der Waals surface area contributed by atoms with Gasteiger partial charge in [0.1, 0.15) is 5.82 Å². The van der Waals surface area contributed by atoms with Crippen LogP contribution in [0.1, 0.15) is 12.5 Å². The Morgan fingerprint density at radius 3 is 2.69 bits per heavy atom. The molecule has 6 heteroatoms. The minimum Gasteiger partial charge on any atom is -0.481 e. The molecule has 16 heavy (non-hydrogen) atoms. The molecular formula is C10H10FNO4. The average Bonchev–Trinajstić information content (AvgIpc) is 2.20. The first kappa shape index (κ1) is 12.1. The second-order valence-electron chi connectivity index (χ2n) is 3.48. The van der Waals surface area contributed by atoms with Gasteiger partial charge in [0.25, 0.3) is 5.69 Å². The summed E-state index contributed by atoms with van der Waals surface area (Å²) >= 11 is 0. The van der Waals surface area contributed by atoms with Crippen LogP contribution in [0.2, 0.25) is 0 Å². The number of carboxylic acids is 1. The molecule has 0 aliphatic carbocycles. The molecular weight excluding hydrogens is 217 g/mol. The zero-order valence-corrected chi connectivity index (χ0v) is 8.51. The molecule has 0 heterocycles. The molecule has 5 nitrogen and oxygen atoms in total. The predicted molar refractivity (Wildman–Crippen MR) is 53.6 cm³/mol. The minimum atomic E-state index is -1.03. The van der Waals surface area contributed by atoms with Crippen LogP contribution in [0, 0.1) is 21.8 Å². The topological polar surface area (TPSA) is 80.4 Å². The van der Waals surface area contributed by atoms with Crippen LogP contribution < -0.4 is 0 Å².